The molecule has 1 aliphatic carbocycles. The minimum atomic E-state index is -0.853. The molecule has 74 valence electrons. The smallest absolute Gasteiger partial charge is 0.327 e. The zero-order chi connectivity index (χ0) is 9.68. The maximum absolute atomic E-state index is 10.3. The van der Waals surface area contributed by atoms with Crippen LogP contribution in [0.4, 0.5) is 0 Å². The van der Waals surface area contributed by atoms with Gasteiger partial charge in [-0.3, -0.25) is 0 Å². The molecule has 1 N–H and O–H groups in total. The molecule has 1 fully saturated rings. The number of rotatable bonds is 3. The maximum Gasteiger partial charge on any atom is 0.327 e. The third kappa shape index (κ3) is 3.59. The highest BCUT2D eigenvalue weighted by Crippen LogP contribution is 2.26. The van der Waals surface area contributed by atoms with Gasteiger partial charge >= 0.3 is 5.97 Å². The Bertz CT molecular complexity index is 190. The van der Waals surface area contributed by atoms with Gasteiger partial charge in [-0.15, -0.1) is 0 Å². The minimum absolute atomic E-state index is 0.384. The molecule has 3 heteroatoms. The molecule has 0 spiro atoms. The first-order valence-electron chi connectivity index (χ1n) is 4.66. The van der Waals surface area contributed by atoms with E-state index in [0.717, 1.165) is 25.7 Å². The molecule has 0 amide bonds. The second-order valence-corrected chi connectivity index (χ2v) is 3.47. The third-order valence-corrected chi connectivity index (χ3v) is 2.56. The Morgan fingerprint density at radius 1 is 1.38 bits per heavy atom. The van der Waals surface area contributed by atoms with Gasteiger partial charge in [0, 0.05) is 13.2 Å². The van der Waals surface area contributed by atoms with Gasteiger partial charge in [0.15, 0.2) is 0 Å². The van der Waals surface area contributed by atoms with Crippen LogP contribution >= 0.6 is 0 Å². The van der Waals surface area contributed by atoms with E-state index in [1.807, 2.05) is 0 Å². The first-order chi connectivity index (χ1) is 6.22. The summed E-state index contributed by atoms with van der Waals surface area (Å²) in [6.45, 7) is 0. The van der Waals surface area contributed by atoms with Crippen molar-refractivity contribution < 1.29 is 14.6 Å². The molecule has 0 radical (unpaired) electrons. The zero-order valence-corrected chi connectivity index (χ0v) is 7.90. The number of carbonyl (C=O) groups is 1. The Kier molecular flexibility index (Phi) is 3.96. The maximum atomic E-state index is 10.3. The highest BCUT2D eigenvalue weighted by molar-refractivity contribution is 5.79. The van der Waals surface area contributed by atoms with E-state index in [1.165, 1.54) is 6.08 Å². The number of allylic oxidation sites excluding steroid dienone is 1. The molecule has 0 atom stereocenters. The van der Waals surface area contributed by atoms with Gasteiger partial charge in [0.25, 0.3) is 0 Å². The average molecular weight is 184 g/mol. The van der Waals surface area contributed by atoms with Gasteiger partial charge < -0.3 is 9.84 Å². The van der Waals surface area contributed by atoms with Gasteiger partial charge in [-0.25, -0.2) is 4.79 Å². The molecule has 3 nitrogen and oxygen atoms in total. The normalized spacial score (nSPS) is 29.3. The average Bonchev–Trinajstić information content (AvgIpc) is 2.15. The van der Waals surface area contributed by atoms with Crippen molar-refractivity contribution in [3.63, 3.8) is 0 Å². The van der Waals surface area contributed by atoms with Crippen LogP contribution in [0.15, 0.2) is 12.2 Å². The number of hydrogen-bond acceptors (Lipinski definition) is 2. The second-order valence-electron chi connectivity index (χ2n) is 3.47. The van der Waals surface area contributed by atoms with Gasteiger partial charge in [0.2, 0.25) is 0 Å². The predicted octanol–water partition coefficient (Wildman–Crippen LogP) is 1.83. The van der Waals surface area contributed by atoms with E-state index in [2.05, 4.69) is 0 Å². The van der Waals surface area contributed by atoms with Crippen LogP contribution in [0.3, 0.4) is 0 Å². The third-order valence-electron chi connectivity index (χ3n) is 2.56. The van der Waals surface area contributed by atoms with E-state index in [4.69, 9.17) is 9.84 Å². The fourth-order valence-corrected chi connectivity index (χ4v) is 1.74. The molecule has 0 heterocycles. The highest BCUT2D eigenvalue weighted by atomic mass is 16.5. The molecule has 0 aromatic carbocycles. The summed E-state index contributed by atoms with van der Waals surface area (Å²) in [5, 5.41) is 8.43. The molecule has 0 unspecified atom stereocenters. The van der Waals surface area contributed by atoms with Crippen LogP contribution in [-0.2, 0) is 9.53 Å². The molecule has 0 bridgehead atoms. The summed E-state index contributed by atoms with van der Waals surface area (Å²) in [5.74, 6) is -0.420. The van der Waals surface area contributed by atoms with E-state index in [1.54, 1.807) is 13.2 Å². The van der Waals surface area contributed by atoms with Gasteiger partial charge in [-0.1, -0.05) is 6.08 Å². The minimum Gasteiger partial charge on any atom is -0.478 e. The Morgan fingerprint density at radius 2 is 2.00 bits per heavy atom. The van der Waals surface area contributed by atoms with E-state index in [0.29, 0.717) is 12.0 Å². The largest absolute Gasteiger partial charge is 0.478 e. The molecule has 1 rings (SSSR count). The second kappa shape index (κ2) is 5.02. The molecule has 0 aromatic heterocycles. The highest BCUT2D eigenvalue weighted by Gasteiger charge is 2.18. The Labute approximate surface area is 78.4 Å². The van der Waals surface area contributed by atoms with Crippen molar-refractivity contribution in [2.24, 2.45) is 5.92 Å². The lowest BCUT2D eigenvalue weighted by atomic mass is 9.87. The van der Waals surface area contributed by atoms with Crippen LogP contribution in [0.2, 0.25) is 0 Å². The summed E-state index contributed by atoms with van der Waals surface area (Å²) >= 11 is 0. The number of carboxylic acid groups (broad SMARTS) is 1. The monoisotopic (exact) mass is 184 g/mol. The molecular weight excluding hydrogens is 168 g/mol. The number of methoxy groups -OCH3 is 1. The SMILES string of the molecule is COC1CCC(C=CC(=O)O)CC1. The van der Waals surface area contributed by atoms with Crippen molar-refractivity contribution in [1.82, 2.24) is 0 Å². The molecule has 0 saturated heterocycles. The summed E-state index contributed by atoms with van der Waals surface area (Å²) in [4.78, 5) is 10.3. The Hall–Kier alpha value is -0.830. The lowest BCUT2D eigenvalue weighted by molar-refractivity contribution is -0.131. The number of ether oxygens (including phenoxy) is 1. The lowest BCUT2D eigenvalue weighted by Crippen LogP contribution is -2.19. The van der Waals surface area contributed by atoms with Crippen LogP contribution in [0.25, 0.3) is 0 Å². The molecule has 0 aromatic rings. The van der Waals surface area contributed by atoms with Gasteiger partial charge in [-0.2, -0.15) is 0 Å². The van der Waals surface area contributed by atoms with Gasteiger partial charge in [-0.05, 0) is 31.6 Å². The fourth-order valence-electron chi connectivity index (χ4n) is 1.74. The van der Waals surface area contributed by atoms with Crippen molar-refractivity contribution in [3.8, 4) is 0 Å². The number of aliphatic carboxylic acids is 1. The summed E-state index contributed by atoms with van der Waals surface area (Å²) in [5.41, 5.74) is 0. The summed E-state index contributed by atoms with van der Waals surface area (Å²) in [7, 11) is 1.73. The van der Waals surface area contributed by atoms with Crippen molar-refractivity contribution in [1.29, 1.82) is 0 Å². The standard InChI is InChI=1S/C10H16O3/c1-13-9-5-2-8(3-6-9)4-7-10(11)12/h4,7-9H,2-3,5-6H2,1H3,(H,11,12). The van der Waals surface area contributed by atoms with Crippen molar-refractivity contribution in [2.45, 2.75) is 31.8 Å². The quantitative estimate of drug-likeness (QED) is 0.681. The van der Waals surface area contributed by atoms with E-state index < -0.39 is 5.97 Å². The zero-order valence-electron chi connectivity index (χ0n) is 7.90. The van der Waals surface area contributed by atoms with Crippen molar-refractivity contribution in [3.05, 3.63) is 12.2 Å². The topological polar surface area (TPSA) is 46.5 Å². The summed E-state index contributed by atoms with van der Waals surface area (Å²) in [6.07, 6.45) is 7.61. The molecule has 1 saturated carbocycles. The fraction of sp³-hybridized carbons (Fsp3) is 0.700. The lowest BCUT2D eigenvalue weighted by Gasteiger charge is -2.25. The van der Waals surface area contributed by atoms with Crippen LogP contribution in [0.5, 0.6) is 0 Å². The van der Waals surface area contributed by atoms with Gasteiger partial charge in [0.1, 0.15) is 0 Å². The first kappa shape index (κ1) is 10.3. The van der Waals surface area contributed by atoms with Gasteiger partial charge in [0.05, 0.1) is 6.10 Å². The van der Waals surface area contributed by atoms with Crippen molar-refractivity contribution >= 4 is 5.97 Å². The van der Waals surface area contributed by atoms with Crippen molar-refractivity contribution in [2.75, 3.05) is 7.11 Å². The molecule has 13 heavy (non-hydrogen) atoms. The summed E-state index contributed by atoms with van der Waals surface area (Å²) < 4.78 is 5.22. The van der Waals surface area contributed by atoms with Crippen LogP contribution in [0, 0.1) is 5.92 Å². The Balaban J connectivity index is 2.28. The predicted molar refractivity (Wildman–Crippen MR) is 49.5 cm³/mol. The number of hydrogen-bond donors (Lipinski definition) is 1. The molecule has 1 aliphatic rings. The first-order valence-corrected chi connectivity index (χ1v) is 4.66. The van der Waals surface area contributed by atoms with Crippen LogP contribution in [0.1, 0.15) is 25.7 Å². The van der Waals surface area contributed by atoms with E-state index in [-0.39, 0.29) is 0 Å². The van der Waals surface area contributed by atoms with E-state index in [9.17, 15) is 4.79 Å². The number of carboxylic acids is 1. The van der Waals surface area contributed by atoms with Crippen LogP contribution < -0.4 is 0 Å². The molecule has 0 aliphatic heterocycles. The van der Waals surface area contributed by atoms with E-state index >= 15 is 0 Å². The molecular formula is C10H16O3. The van der Waals surface area contributed by atoms with Crippen LogP contribution in [-0.4, -0.2) is 24.3 Å². The summed E-state index contributed by atoms with van der Waals surface area (Å²) in [6, 6.07) is 0. The Morgan fingerprint density at radius 3 is 2.46 bits per heavy atom.